The van der Waals surface area contributed by atoms with E-state index in [1.807, 2.05) is 36.4 Å². The van der Waals surface area contributed by atoms with E-state index in [0.29, 0.717) is 26.2 Å². The zero-order valence-corrected chi connectivity index (χ0v) is 20.9. The summed E-state index contributed by atoms with van der Waals surface area (Å²) in [5.74, 6) is -1.96. The fourth-order valence-corrected chi connectivity index (χ4v) is 4.60. The molecule has 4 rings (SSSR count). The molecule has 3 aromatic rings. The van der Waals surface area contributed by atoms with Crippen LogP contribution < -0.4 is 5.32 Å². The fraction of sp³-hybridized carbons (Fsp3) is 0.250. The molecule has 1 aliphatic heterocycles. The molecule has 38 heavy (non-hydrogen) atoms. The number of hydrogen-bond donors (Lipinski definition) is 2. The molecule has 2 N–H and O–H groups in total. The van der Waals surface area contributed by atoms with E-state index >= 15 is 0 Å². The van der Waals surface area contributed by atoms with Crippen LogP contribution in [0, 0.1) is 0 Å². The third-order valence-electron chi connectivity index (χ3n) is 6.21. The summed E-state index contributed by atoms with van der Waals surface area (Å²) in [6, 6.07) is 24.8. The quantitative estimate of drug-likeness (QED) is 0.400. The summed E-state index contributed by atoms with van der Waals surface area (Å²) >= 11 is 5.91. The van der Waals surface area contributed by atoms with Gasteiger partial charge in [0.1, 0.15) is 13.2 Å². The molecule has 8 nitrogen and oxygen atoms in total. The number of nitrogens with zero attached hydrogens (tertiary/aromatic N) is 2. The number of ether oxygens (including phenoxy) is 1. The number of carboxylic acid groups (broad SMARTS) is 1. The predicted molar refractivity (Wildman–Crippen MR) is 148 cm³/mol. The number of rotatable bonds is 9. The van der Waals surface area contributed by atoms with Crippen LogP contribution in [-0.4, -0.2) is 102 Å². The summed E-state index contributed by atoms with van der Waals surface area (Å²) in [6.45, 7) is 1.88. The van der Waals surface area contributed by atoms with Gasteiger partial charge in [0, 0.05) is 31.2 Å². The van der Waals surface area contributed by atoms with Crippen molar-refractivity contribution in [2.24, 2.45) is 0 Å². The summed E-state index contributed by atoms with van der Waals surface area (Å²) in [6.07, 6.45) is 0. The number of halogens is 1. The van der Waals surface area contributed by atoms with Crippen LogP contribution in [0.1, 0.15) is 27.5 Å². The number of piperazine rings is 1. The van der Waals surface area contributed by atoms with E-state index in [4.69, 9.17) is 16.3 Å². The van der Waals surface area contributed by atoms with Crippen molar-refractivity contribution in [3.8, 4) is 0 Å². The second kappa shape index (κ2) is 14.4. The third kappa shape index (κ3) is 7.89. The first-order chi connectivity index (χ1) is 17.9. The Hall–Kier alpha value is -2.72. The second-order valence-corrected chi connectivity index (χ2v) is 9.11. The summed E-state index contributed by atoms with van der Waals surface area (Å²) in [5.41, 5.74) is 2.39. The van der Waals surface area contributed by atoms with E-state index in [-0.39, 0.29) is 71.0 Å². The minimum absolute atomic E-state index is 0. The Bertz CT molecular complexity index is 1200. The summed E-state index contributed by atoms with van der Waals surface area (Å²) in [7, 11) is 0. The van der Waals surface area contributed by atoms with E-state index < -0.39 is 11.9 Å². The van der Waals surface area contributed by atoms with Crippen molar-refractivity contribution in [2.75, 3.05) is 44.7 Å². The number of carboxylic acids is 1. The fourth-order valence-electron chi connectivity index (χ4n) is 4.43. The molecule has 194 valence electrons. The van der Waals surface area contributed by atoms with Crippen molar-refractivity contribution in [3.63, 3.8) is 0 Å². The van der Waals surface area contributed by atoms with E-state index in [2.05, 4.69) is 34.5 Å². The number of carbonyl (C=O) groups is 3. The normalized spacial score (nSPS) is 13.6. The Morgan fingerprint density at radius 3 is 2.00 bits per heavy atom. The molecule has 1 aliphatic rings. The summed E-state index contributed by atoms with van der Waals surface area (Å²) in [4.78, 5) is 40.4. The Balaban J connectivity index is 0.00000400. The first-order valence-corrected chi connectivity index (χ1v) is 12.3. The number of carbonyl (C=O) groups excluding carboxylic acids is 2. The molecule has 0 aliphatic carbocycles. The molecule has 0 unspecified atom stereocenters. The van der Waals surface area contributed by atoms with Crippen LogP contribution in [-0.2, 0) is 14.3 Å². The molecule has 10 heteroatoms. The first-order valence-electron chi connectivity index (χ1n) is 11.9. The molecule has 1 fully saturated rings. The van der Waals surface area contributed by atoms with Gasteiger partial charge in [0.05, 0.1) is 17.3 Å². The number of aromatic carboxylic acids is 1. The molecule has 0 spiro atoms. The molecule has 3 aromatic carbocycles. The van der Waals surface area contributed by atoms with Gasteiger partial charge in [-0.05, 0) is 29.3 Å². The van der Waals surface area contributed by atoms with Crippen LogP contribution in [0.15, 0.2) is 78.9 Å². The number of anilines is 1. The molecule has 0 aromatic heterocycles. The van der Waals surface area contributed by atoms with E-state index in [9.17, 15) is 19.5 Å². The molecule has 0 atom stereocenters. The Morgan fingerprint density at radius 1 is 0.868 bits per heavy atom. The second-order valence-electron chi connectivity index (χ2n) is 8.68. The van der Waals surface area contributed by atoms with Gasteiger partial charge in [-0.2, -0.15) is 0 Å². The molecule has 0 radical (unpaired) electrons. The summed E-state index contributed by atoms with van der Waals surface area (Å²) < 4.78 is 5.33. The van der Waals surface area contributed by atoms with Crippen molar-refractivity contribution in [1.29, 1.82) is 0 Å². The average molecular weight is 546 g/mol. The van der Waals surface area contributed by atoms with Crippen LogP contribution in [0.25, 0.3) is 0 Å². The van der Waals surface area contributed by atoms with Gasteiger partial charge in [-0.15, -0.1) is 0 Å². The van der Waals surface area contributed by atoms with Crippen molar-refractivity contribution < 1.29 is 24.2 Å². The van der Waals surface area contributed by atoms with Gasteiger partial charge < -0.3 is 20.1 Å². The van der Waals surface area contributed by atoms with Crippen molar-refractivity contribution in [3.05, 3.63) is 101 Å². The number of benzene rings is 3. The van der Waals surface area contributed by atoms with Gasteiger partial charge in [-0.25, -0.2) is 4.79 Å². The monoisotopic (exact) mass is 545 g/mol. The average Bonchev–Trinajstić information content (AvgIpc) is 2.90. The topological polar surface area (TPSA) is 99.2 Å². The van der Waals surface area contributed by atoms with Gasteiger partial charge in [-0.1, -0.05) is 72.3 Å². The Kier molecular flexibility index (Phi) is 11.3. The molecule has 1 heterocycles. The van der Waals surface area contributed by atoms with Crippen LogP contribution in [0.5, 0.6) is 0 Å². The van der Waals surface area contributed by atoms with Gasteiger partial charge in [-0.3, -0.25) is 14.5 Å². The van der Waals surface area contributed by atoms with Crippen LogP contribution in [0.4, 0.5) is 5.69 Å². The first kappa shape index (κ1) is 29.8. The Morgan fingerprint density at radius 2 is 1.45 bits per heavy atom. The van der Waals surface area contributed by atoms with Crippen LogP contribution >= 0.6 is 11.6 Å². The maximum absolute atomic E-state index is 12.7. The van der Waals surface area contributed by atoms with Crippen molar-refractivity contribution >= 4 is 64.6 Å². The standard InChI is InChI=1S/C28H28ClN3O5.Na.H/c29-22-11-12-23(28(35)36)24(17-22)30-25(33)18-37-19-26(34)31-13-15-32(16-14-31)27(20-7-3-1-4-8-20)21-9-5-2-6-10-21;;/h1-12,17,27H,13-16,18-19H2,(H,30,33)(H,35,36);;. The predicted octanol–water partition coefficient (Wildman–Crippen LogP) is 3.28. The molecular formula is C28H29ClN3NaO5. The molecule has 0 bridgehead atoms. The zero-order valence-electron chi connectivity index (χ0n) is 20.2. The van der Waals surface area contributed by atoms with E-state index in [0.717, 1.165) is 0 Å². The van der Waals surface area contributed by atoms with E-state index in [1.54, 1.807) is 4.90 Å². The molecular weight excluding hydrogens is 517 g/mol. The third-order valence-corrected chi connectivity index (χ3v) is 6.44. The zero-order chi connectivity index (χ0) is 26.2. The van der Waals surface area contributed by atoms with Crippen molar-refractivity contribution in [2.45, 2.75) is 6.04 Å². The molecule has 2 amide bonds. The van der Waals surface area contributed by atoms with E-state index in [1.165, 1.54) is 29.3 Å². The SMILES string of the molecule is O=C(COCC(=O)N1CCN(C(c2ccccc2)c2ccccc2)CC1)Nc1cc(Cl)ccc1C(=O)O.[NaH]. The van der Waals surface area contributed by atoms with Crippen molar-refractivity contribution in [1.82, 2.24) is 9.80 Å². The number of nitrogens with one attached hydrogen (secondary N) is 1. The molecule has 0 saturated carbocycles. The van der Waals surface area contributed by atoms with Gasteiger partial charge in [0.25, 0.3) is 0 Å². The van der Waals surface area contributed by atoms with Gasteiger partial charge in [0.2, 0.25) is 11.8 Å². The summed E-state index contributed by atoms with van der Waals surface area (Å²) in [5, 5.41) is 12.0. The number of amides is 2. The maximum atomic E-state index is 12.7. The van der Waals surface area contributed by atoms with Crippen LogP contribution in [0.3, 0.4) is 0 Å². The molecule has 1 saturated heterocycles. The van der Waals surface area contributed by atoms with Gasteiger partial charge in [0.15, 0.2) is 0 Å². The van der Waals surface area contributed by atoms with Gasteiger partial charge >= 0.3 is 35.5 Å². The minimum atomic E-state index is -1.19. The Labute approximate surface area is 248 Å². The van der Waals surface area contributed by atoms with Crippen LogP contribution in [0.2, 0.25) is 5.02 Å². The number of hydrogen-bond acceptors (Lipinski definition) is 5.